The van der Waals surface area contributed by atoms with E-state index in [1.807, 2.05) is 16.8 Å². The summed E-state index contributed by atoms with van der Waals surface area (Å²) in [7, 11) is 0. The molecule has 1 N–H and O–H groups in total. The zero-order valence-electron chi connectivity index (χ0n) is 11.9. The lowest BCUT2D eigenvalue weighted by Crippen LogP contribution is -2.02. The largest absolute Gasteiger partial charge is 0.478 e. The molecule has 0 atom stereocenters. The number of rotatable bonds is 4. The summed E-state index contributed by atoms with van der Waals surface area (Å²) in [4.78, 5) is 15.3. The lowest BCUT2D eigenvalue weighted by molar-refractivity contribution is 0.0697. The molecule has 0 aliphatic carbocycles. The Bertz CT molecular complexity index is 857. The van der Waals surface area contributed by atoms with E-state index in [0.717, 1.165) is 17.0 Å². The van der Waals surface area contributed by atoms with Gasteiger partial charge in [-0.1, -0.05) is 35.3 Å². The van der Waals surface area contributed by atoms with E-state index >= 15 is 0 Å². The Balaban J connectivity index is 1.88. The molecule has 0 fully saturated rings. The molecule has 1 aromatic heterocycles. The van der Waals surface area contributed by atoms with Gasteiger partial charge in [0.1, 0.15) is 5.82 Å². The van der Waals surface area contributed by atoms with E-state index in [4.69, 9.17) is 28.3 Å². The minimum atomic E-state index is -0.935. The molecule has 0 unspecified atom stereocenters. The van der Waals surface area contributed by atoms with E-state index in [2.05, 4.69) is 4.98 Å². The normalized spacial score (nSPS) is 10.7. The highest BCUT2D eigenvalue weighted by molar-refractivity contribution is 6.42. The van der Waals surface area contributed by atoms with E-state index < -0.39 is 5.97 Å². The molecule has 23 heavy (non-hydrogen) atoms. The summed E-state index contributed by atoms with van der Waals surface area (Å²) in [5.41, 5.74) is 2.12. The van der Waals surface area contributed by atoms with Crippen LogP contribution in [0, 0.1) is 0 Å². The van der Waals surface area contributed by atoms with Gasteiger partial charge in [0.2, 0.25) is 0 Å². The highest BCUT2D eigenvalue weighted by Gasteiger charge is 2.09. The van der Waals surface area contributed by atoms with Crippen molar-refractivity contribution in [2.45, 2.75) is 6.54 Å². The predicted octanol–water partition coefficient (Wildman–Crippen LogP) is 4.60. The molecule has 0 saturated carbocycles. The van der Waals surface area contributed by atoms with Gasteiger partial charge in [0.25, 0.3) is 0 Å². The Kier molecular flexibility index (Phi) is 4.37. The van der Waals surface area contributed by atoms with Gasteiger partial charge in [0.05, 0.1) is 15.6 Å². The van der Waals surface area contributed by atoms with Crippen LogP contribution in [-0.4, -0.2) is 20.6 Å². The maximum atomic E-state index is 10.9. The third-order valence-corrected chi connectivity index (χ3v) is 4.19. The maximum Gasteiger partial charge on any atom is 0.335 e. The Morgan fingerprint density at radius 3 is 2.48 bits per heavy atom. The van der Waals surface area contributed by atoms with Crippen molar-refractivity contribution in [3.8, 4) is 11.4 Å². The van der Waals surface area contributed by atoms with Crippen LogP contribution >= 0.6 is 23.2 Å². The van der Waals surface area contributed by atoms with Crippen molar-refractivity contribution in [2.24, 2.45) is 0 Å². The average Bonchev–Trinajstić information content (AvgIpc) is 2.99. The zero-order chi connectivity index (χ0) is 16.4. The molecule has 1 heterocycles. The maximum absolute atomic E-state index is 10.9. The van der Waals surface area contributed by atoms with Crippen LogP contribution < -0.4 is 0 Å². The van der Waals surface area contributed by atoms with E-state index in [1.54, 1.807) is 42.6 Å². The van der Waals surface area contributed by atoms with E-state index in [1.165, 1.54) is 0 Å². The number of aromatic carboxylic acids is 1. The second-order valence-corrected chi connectivity index (χ2v) is 5.82. The monoisotopic (exact) mass is 346 g/mol. The standard InChI is InChI=1S/C17H12Cl2N2O2/c18-14-6-5-13(9-15(14)19)16-20-7-8-21(16)10-11-1-3-12(4-2-11)17(22)23/h1-9H,10H2,(H,22,23). The molecular formula is C17H12Cl2N2O2. The van der Waals surface area contributed by atoms with E-state index in [0.29, 0.717) is 16.6 Å². The third-order valence-electron chi connectivity index (χ3n) is 3.45. The average molecular weight is 347 g/mol. The van der Waals surface area contributed by atoms with Crippen molar-refractivity contribution in [3.05, 3.63) is 76.0 Å². The Morgan fingerprint density at radius 1 is 1.09 bits per heavy atom. The van der Waals surface area contributed by atoms with Gasteiger partial charge in [-0.15, -0.1) is 0 Å². The second kappa shape index (κ2) is 6.44. The number of hydrogen-bond acceptors (Lipinski definition) is 2. The number of aromatic nitrogens is 2. The van der Waals surface area contributed by atoms with Gasteiger partial charge in [-0.3, -0.25) is 0 Å². The molecule has 0 radical (unpaired) electrons. The number of imidazole rings is 1. The van der Waals surface area contributed by atoms with Crippen molar-refractivity contribution >= 4 is 29.2 Å². The first-order valence-corrected chi connectivity index (χ1v) is 7.59. The molecule has 2 aromatic carbocycles. The van der Waals surface area contributed by atoms with Crippen LogP contribution in [0.15, 0.2) is 54.9 Å². The molecule has 116 valence electrons. The fraction of sp³-hybridized carbons (Fsp3) is 0.0588. The molecule has 0 amide bonds. The van der Waals surface area contributed by atoms with E-state index in [9.17, 15) is 4.79 Å². The summed E-state index contributed by atoms with van der Waals surface area (Å²) in [6.45, 7) is 0.579. The number of hydrogen-bond donors (Lipinski definition) is 1. The van der Waals surface area contributed by atoms with Crippen LogP contribution in [0.5, 0.6) is 0 Å². The molecule has 0 spiro atoms. The third kappa shape index (κ3) is 3.38. The highest BCUT2D eigenvalue weighted by atomic mass is 35.5. The number of halogens is 2. The number of carboxylic acid groups (broad SMARTS) is 1. The summed E-state index contributed by atoms with van der Waals surface area (Å²) in [6, 6.07) is 12.1. The van der Waals surface area contributed by atoms with Gasteiger partial charge in [-0.2, -0.15) is 0 Å². The summed E-state index contributed by atoms with van der Waals surface area (Å²) < 4.78 is 1.97. The van der Waals surface area contributed by atoms with Gasteiger partial charge in [0, 0.05) is 24.5 Å². The second-order valence-electron chi connectivity index (χ2n) is 5.01. The molecule has 3 rings (SSSR count). The molecule has 6 heteroatoms. The van der Waals surface area contributed by atoms with Crippen molar-refractivity contribution in [1.29, 1.82) is 0 Å². The molecule has 0 aliphatic rings. The minimum Gasteiger partial charge on any atom is -0.478 e. The summed E-state index contributed by atoms with van der Waals surface area (Å²) >= 11 is 12.0. The van der Waals surface area contributed by atoms with Crippen molar-refractivity contribution in [1.82, 2.24) is 9.55 Å². The van der Waals surface area contributed by atoms with Crippen LogP contribution in [0.3, 0.4) is 0 Å². The molecule has 0 bridgehead atoms. The highest BCUT2D eigenvalue weighted by Crippen LogP contribution is 2.28. The van der Waals surface area contributed by atoms with Gasteiger partial charge < -0.3 is 9.67 Å². The molecule has 3 aromatic rings. The summed E-state index contributed by atoms with van der Waals surface area (Å²) in [5, 5.41) is 9.91. The lowest BCUT2D eigenvalue weighted by atomic mass is 10.1. The van der Waals surface area contributed by atoms with Gasteiger partial charge in [0.15, 0.2) is 0 Å². The van der Waals surface area contributed by atoms with Gasteiger partial charge in [-0.25, -0.2) is 9.78 Å². The van der Waals surface area contributed by atoms with Gasteiger partial charge in [-0.05, 0) is 35.9 Å². The smallest absolute Gasteiger partial charge is 0.335 e. The molecule has 0 aliphatic heterocycles. The lowest BCUT2D eigenvalue weighted by Gasteiger charge is -2.09. The minimum absolute atomic E-state index is 0.268. The Morgan fingerprint density at radius 2 is 1.83 bits per heavy atom. The van der Waals surface area contributed by atoms with E-state index in [-0.39, 0.29) is 5.56 Å². The quantitative estimate of drug-likeness (QED) is 0.750. The zero-order valence-corrected chi connectivity index (χ0v) is 13.4. The molecule has 4 nitrogen and oxygen atoms in total. The van der Waals surface area contributed by atoms with Crippen LogP contribution in [0.25, 0.3) is 11.4 Å². The number of nitrogens with zero attached hydrogens (tertiary/aromatic N) is 2. The Hall–Kier alpha value is -2.30. The summed E-state index contributed by atoms with van der Waals surface area (Å²) in [5.74, 6) is -0.165. The number of carbonyl (C=O) groups is 1. The van der Waals surface area contributed by atoms with Crippen LogP contribution in [0.4, 0.5) is 0 Å². The first-order chi connectivity index (χ1) is 11.0. The number of carboxylic acids is 1. The van der Waals surface area contributed by atoms with Gasteiger partial charge >= 0.3 is 5.97 Å². The fourth-order valence-corrected chi connectivity index (χ4v) is 2.58. The number of benzene rings is 2. The predicted molar refractivity (Wildman–Crippen MR) is 90.2 cm³/mol. The molecule has 0 saturated heterocycles. The summed E-state index contributed by atoms with van der Waals surface area (Å²) in [6.07, 6.45) is 3.58. The molecular weight excluding hydrogens is 335 g/mol. The van der Waals surface area contributed by atoms with Crippen LogP contribution in [0.1, 0.15) is 15.9 Å². The SMILES string of the molecule is O=C(O)c1ccc(Cn2ccnc2-c2ccc(Cl)c(Cl)c2)cc1. The van der Waals surface area contributed by atoms with Crippen molar-refractivity contribution in [3.63, 3.8) is 0 Å². The first-order valence-electron chi connectivity index (χ1n) is 6.83. The van der Waals surface area contributed by atoms with Crippen molar-refractivity contribution in [2.75, 3.05) is 0 Å². The fourth-order valence-electron chi connectivity index (χ4n) is 2.28. The topological polar surface area (TPSA) is 55.1 Å². The Labute approximate surface area is 142 Å². The van der Waals surface area contributed by atoms with Crippen LogP contribution in [-0.2, 0) is 6.54 Å². The van der Waals surface area contributed by atoms with Crippen LogP contribution in [0.2, 0.25) is 10.0 Å². The van der Waals surface area contributed by atoms with Crippen molar-refractivity contribution < 1.29 is 9.90 Å². The first kappa shape index (κ1) is 15.6.